The lowest BCUT2D eigenvalue weighted by Gasteiger charge is -2.02. The van der Waals surface area contributed by atoms with Gasteiger partial charge in [0.05, 0.1) is 17.6 Å². The maximum atomic E-state index is 9.54. The molecule has 0 radical (unpaired) electrons. The summed E-state index contributed by atoms with van der Waals surface area (Å²) in [7, 11) is 1.84. The standard InChI is InChI=1S/C12H12N4O/c1-16-12(10(13)6-15-16)9-5-14-11-3-2-7(17)4-8(9)11/h2-6,14,17H,13H2,1H3. The molecule has 0 fully saturated rings. The smallest absolute Gasteiger partial charge is 0.116 e. The fourth-order valence-corrected chi connectivity index (χ4v) is 2.09. The lowest BCUT2D eigenvalue weighted by molar-refractivity contribution is 0.476. The molecule has 4 N–H and O–H groups in total. The van der Waals surface area contributed by atoms with Crippen molar-refractivity contribution in [3.05, 3.63) is 30.6 Å². The van der Waals surface area contributed by atoms with Crippen molar-refractivity contribution in [2.45, 2.75) is 0 Å². The summed E-state index contributed by atoms with van der Waals surface area (Å²) in [6.45, 7) is 0. The summed E-state index contributed by atoms with van der Waals surface area (Å²) in [4.78, 5) is 3.15. The van der Waals surface area contributed by atoms with Crippen molar-refractivity contribution < 1.29 is 5.11 Å². The van der Waals surface area contributed by atoms with Gasteiger partial charge < -0.3 is 15.8 Å². The van der Waals surface area contributed by atoms with E-state index in [0.717, 1.165) is 22.2 Å². The van der Waals surface area contributed by atoms with Gasteiger partial charge in [-0.05, 0) is 18.2 Å². The second kappa shape index (κ2) is 3.28. The van der Waals surface area contributed by atoms with Crippen molar-refractivity contribution in [1.29, 1.82) is 0 Å². The Morgan fingerprint density at radius 1 is 1.41 bits per heavy atom. The molecule has 0 bridgehead atoms. The van der Waals surface area contributed by atoms with Crippen molar-refractivity contribution in [1.82, 2.24) is 14.8 Å². The summed E-state index contributed by atoms with van der Waals surface area (Å²) < 4.78 is 1.72. The number of phenols is 1. The summed E-state index contributed by atoms with van der Waals surface area (Å²) in [6, 6.07) is 5.20. The molecule has 0 aliphatic rings. The van der Waals surface area contributed by atoms with E-state index in [1.165, 1.54) is 0 Å². The molecule has 3 rings (SSSR count). The lowest BCUT2D eigenvalue weighted by Crippen LogP contribution is -1.95. The van der Waals surface area contributed by atoms with Gasteiger partial charge in [0.2, 0.25) is 0 Å². The van der Waals surface area contributed by atoms with E-state index in [0.29, 0.717) is 5.69 Å². The number of rotatable bonds is 1. The van der Waals surface area contributed by atoms with Crippen LogP contribution in [0.15, 0.2) is 30.6 Å². The molecule has 2 heterocycles. The number of aromatic amines is 1. The summed E-state index contributed by atoms with van der Waals surface area (Å²) >= 11 is 0. The Kier molecular flexibility index (Phi) is 1.89. The average molecular weight is 228 g/mol. The SMILES string of the molecule is Cn1ncc(N)c1-c1c[nH]c2ccc(O)cc12. The first-order valence-electron chi connectivity index (χ1n) is 5.25. The van der Waals surface area contributed by atoms with E-state index in [-0.39, 0.29) is 5.75 Å². The van der Waals surface area contributed by atoms with Crippen LogP contribution in [0.1, 0.15) is 0 Å². The van der Waals surface area contributed by atoms with Gasteiger partial charge in [-0.25, -0.2) is 0 Å². The Balaban J connectivity index is 2.35. The minimum atomic E-state index is 0.235. The first-order chi connectivity index (χ1) is 8.16. The molecule has 0 atom stereocenters. The zero-order chi connectivity index (χ0) is 12.0. The molecule has 0 saturated carbocycles. The van der Waals surface area contributed by atoms with Crippen molar-refractivity contribution in [2.75, 3.05) is 5.73 Å². The number of H-pyrrole nitrogens is 1. The molecule has 0 saturated heterocycles. The first-order valence-corrected chi connectivity index (χ1v) is 5.25. The summed E-state index contributed by atoms with van der Waals surface area (Å²) in [5.74, 6) is 0.235. The molecule has 2 aromatic heterocycles. The van der Waals surface area contributed by atoms with Crippen LogP contribution in [0.4, 0.5) is 5.69 Å². The quantitative estimate of drug-likeness (QED) is 0.594. The minimum absolute atomic E-state index is 0.235. The van der Waals surface area contributed by atoms with Gasteiger partial charge in [0.15, 0.2) is 0 Å². The third-order valence-corrected chi connectivity index (χ3v) is 2.89. The van der Waals surface area contributed by atoms with Gasteiger partial charge in [-0.2, -0.15) is 5.10 Å². The number of anilines is 1. The van der Waals surface area contributed by atoms with E-state index in [2.05, 4.69) is 10.1 Å². The normalized spacial score (nSPS) is 11.1. The number of hydrogen-bond donors (Lipinski definition) is 3. The van der Waals surface area contributed by atoms with Gasteiger partial charge in [-0.15, -0.1) is 0 Å². The lowest BCUT2D eigenvalue weighted by atomic mass is 10.1. The number of nitrogens with one attached hydrogen (secondary N) is 1. The van der Waals surface area contributed by atoms with Crippen LogP contribution in [-0.2, 0) is 7.05 Å². The number of nitrogens with zero attached hydrogens (tertiary/aromatic N) is 2. The Labute approximate surface area is 97.5 Å². The van der Waals surface area contributed by atoms with Crippen LogP contribution in [0.2, 0.25) is 0 Å². The van der Waals surface area contributed by atoms with Gasteiger partial charge in [0.25, 0.3) is 0 Å². The molecular formula is C12H12N4O. The zero-order valence-electron chi connectivity index (χ0n) is 9.31. The molecule has 86 valence electrons. The van der Waals surface area contributed by atoms with Crippen LogP contribution < -0.4 is 5.73 Å². The first kappa shape index (κ1) is 9.77. The van der Waals surface area contributed by atoms with E-state index in [9.17, 15) is 5.11 Å². The molecule has 5 heteroatoms. The van der Waals surface area contributed by atoms with Crippen molar-refractivity contribution in [2.24, 2.45) is 7.05 Å². The van der Waals surface area contributed by atoms with Gasteiger partial charge in [-0.1, -0.05) is 0 Å². The van der Waals surface area contributed by atoms with Crippen LogP contribution in [0.3, 0.4) is 0 Å². The van der Waals surface area contributed by atoms with Crippen LogP contribution >= 0.6 is 0 Å². The van der Waals surface area contributed by atoms with Gasteiger partial charge in [-0.3, -0.25) is 4.68 Å². The summed E-state index contributed by atoms with van der Waals surface area (Å²) in [6.07, 6.45) is 3.49. The predicted molar refractivity (Wildman–Crippen MR) is 66.6 cm³/mol. The second-order valence-electron chi connectivity index (χ2n) is 4.00. The van der Waals surface area contributed by atoms with Gasteiger partial charge in [0, 0.05) is 29.7 Å². The Morgan fingerprint density at radius 2 is 2.24 bits per heavy atom. The van der Waals surface area contributed by atoms with Crippen molar-refractivity contribution in [3.63, 3.8) is 0 Å². The number of nitrogen functional groups attached to an aromatic ring is 1. The van der Waals surface area contributed by atoms with E-state index in [4.69, 9.17) is 5.73 Å². The molecule has 1 aromatic carbocycles. The van der Waals surface area contributed by atoms with Gasteiger partial charge in [0.1, 0.15) is 5.75 Å². The minimum Gasteiger partial charge on any atom is -0.508 e. The number of nitrogens with two attached hydrogens (primary N) is 1. The van der Waals surface area contributed by atoms with Crippen LogP contribution in [0.5, 0.6) is 5.75 Å². The highest BCUT2D eigenvalue weighted by Crippen LogP contribution is 2.33. The molecule has 5 nitrogen and oxygen atoms in total. The number of aromatic nitrogens is 3. The number of phenolic OH excluding ortho intramolecular Hbond substituents is 1. The third kappa shape index (κ3) is 1.36. The number of fused-ring (bicyclic) bond motifs is 1. The highest BCUT2D eigenvalue weighted by Gasteiger charge is 2.13. The molecule has 0 aliphatic heterocycles. The zero-order valence-corrected chi connectivity index (χ0v) is 9.31. The number of aryl methyl sites for hydroxylation is 1. The average Bonchev–Trinajstić information content (AvgIpc) is 2.83. The topological polar surface area (TPSA) is 79.9 Å². The fourth-order valence-electron chi connectivity index (χ4n) is 2.09. The summed E-state index contributed by atoms with van der Waals surface area (Å²) in [5.41, 5.74) is 9.27. The van der Waals surface area contributed by atoms with Crippen molar-refractivity contribution >= 4 is 16.6 Å². The molecule has 0 unspecified atom stereocenters. The number of benzene rings is 1. The van der Waals surface area contributed by atoms with Crippen LogP contribution in [0.25, 0.3) is 22.2 Å². The summed E-state index contributed by atoms with van der Waals surface area (Å²) in [5, 5.41) is 14.6. The van der Waals surface area contributed by atoms with Crippen LogP contribution in [-0.4, -0.2) is 19.9 Å². The third-order valence-electron chi connectivity index (χ3n) is 2.89. The van der Waals surface area contributed by atoms with E-state index >= 15 is 0 Å². The van der Waals surface area contributed by atoms with Crippen LogP contribution in [0, 0.1) is 0 Å². The molecule has 0 spiro atoms. The van der Waals surface area contributed by atoms with E-state index < -0.39 is 0 Å². The molecule has 0 aliphatic carbocycles. The fraction of sp³-hybridized carbons (Fsp3) is 0.0833. The molecular weight excluding hydrogens is 216 g/mol. The number of aromatic hydroxyl groups is 1. The predicted octanol–water partition coefficient (Wildman–Crippen LogP) is 1.86. The number of hydrogen-bond acceptors (Lipinski definition) is 3. The molecule has 3 aromatic rings. The largest absolute Gasteiger partial charge is 0.508 e. The maximum absolute atomic E-state index is 9.54. The van der Waals surface area contributed by atoms with E-state index in [1.807, 2.05) is 19.3 Å². The molecule has 0 amide bonds. The maximum Gasteiger partial charge on any atom is 0.116 e. The monoisotopic (exact) mass is 228 g/mol. The second-order valence-corrected chi connectivity index (χ2v) is 4.00. The Bertz CT molecular complexity index is 676. The Hall–Kier alpha value is -2.43. The van der Waals surface area contributed by atoms with Crippen molar-refractivity contribution in [3.8, 4) is 17.0 Å². The van der Waals surface area contributed by atoms with E-state index in [1.54, 1.807) is 23.0 Å². The highest BCUT2D eigenvalue weighted by molar-refractivity contribution is 5.97. The molecule has 17 heavy (non-hydrogen) atoms. The highest BCUT2D eigenvalue weighted by atomic mass is 16.3. The van der Waals surface area contributed by atoms with Gasteiger partial charge >= 0.3 is 0 Å². The Morgan fingerprint density at radius 3 is 2.94 bits per heavy atom.